The van der Waals surface area contributed by atoms with Crippen molar-refractivity contribution in [1.29, 1.82) is 0 Å². The molecule has 0 heterocycles. The highest BCUT2D eigenvalue weighted by Gasteiger charge is 2.42. The first kappa shape index (κ1) is 12.2. The van der Waals surface area contributed by atoms with Crippen LogP contribution >= 0.6 is 0 Å². The normalized spacial score (nSPS) is 34.4. The van der Waals surface area contributed by atoms with Gasteiger partial charge in [0.2, 0.25) is 5.91 Å². The Morgan fingerprint density at radius 2 is 1.94 bits per heavy atom. The van der Waals surface area contributed by atoms with Gasteiger partial charge in [0.15, 0.2) is 5.84 Å². The van der Waals surface area contributed by atoms with E-state index >= 15 is 0 Å². The molecular formula is C12H21N3O2. The second-order valence-corrected chi connectivity index (χ2v) is 5.51. The van der Waals surface area contributed by atoms with Crippen molar-refractivity contribution in [3.8, 4) is 0 Å². The third-order valence-electron chi connectivity index (χ3n) is 4.04. The average molecular weight is 239 g/mol. The highest BCUT2D eigenvalue weighted by molar-refractivity contribution is 5.94. The highest BCUT2D eigenvalue weighted by atomic mass is 16.4. The molecule has 5 nitrogen and oxygen atoms in total. The van der Waals surface area contributed by atoms with Crippen molar-refractivity contribution in [3.05, 3.63) is 0 Å². The van der Waals surface area contributed by atoms with Crippen molar-refractivity contribution in [2.45, 2.75) is 51.0 Å². The predicted molar refractivity (Wildman–Crippen MR) is 64.6 cm³/mol. The standard InChI is InChI=1S/C12H21N3O2/c1-8-4-6-12(7-5-8,11(13)15-17)14-10(16)9-2-3-9/h8-9,17H,2-7H2,1H3,(H2,13,15)(H,14,16). The van der Waals surface area contributed by atoms with E-state index < -0.39 is 5.54 Å². The molecule has 1 amide bonds. The van der Waals surface area contributed by atoms with Crippen LogP contribution < -0.4 is 11.1 Å². The van der Waals surface area contributed by atoms with Gasteiger partial charge in [-0.2, -0.15) is 0 Å². The Kier molecular flexibility index (Phi) is 3.26. The molecule has 0 spiro atoms. The van der Waals surface area contributed by atoms with Crippen molar-refractivity contribution in [2.24, 2.45) is 22.7 Å². The van der Waals surface area contributed by atoms with Crippen LogP contribution in [0.4, 0.5) is 0 Å². The molecule has 4 N–H and O–H groups in total. The molecule has 96 valence electrons. The zero-order valence-electron chi connectivity index (χ0n) is 10.3. The minimum atomic E-state index is -0.610. The van der Waals surface area contributed by atoms with Crippen molar-refractivity contribution in [3.63, 3.8) is 0 Å². The average Bonchev–Trinajstić information content (AvgIpc) is 3.15. The lowest BCUT2D eigenvalue weighted by Gasteiger charge is -2.39. The van der Waals surface area contributed by atoms with E-state index in [0.717, 1.165) is 38.5 Å². The summed E-state index contributed by atoms with van der Waals surface area (Å²) in [6, 6.07) is 0. The van der Waals surface area contributed by atoms with E-state index in [1.54, 1.807) is 0 Å². The van der Waals surface area contributed by atoms with E-state index in [1.165, 1.54) is 0 Å². The molecule has 0 aromatic carbocycles. The maximum atomic E-state index is 11.9. The fourth-order valence-corrected chi connectivity index (χ4v) is 2.48. The van der Waals surface area contributed by atoms with E-state index in [9.17, 15) is 4.79 Å². The molecular weight excluding hydrogens is 218 g/mol. The molecule has 0 atom stereocenters. The van der Waals surface area contributed by atoms with Crippen LogP contribution in [-0.4, -0.2) is 22.5 Å². The highest BCUT2D eigenvalue weighted by Crippen LogP contribution is 2.35. The number of amides is 1. The van der Waals surface area contributed by atoms with Crippen molar-refractivity contribution in [2.75, 3.05) is 0 Å². The van der Waals surface area contributed by atoms with Crippen LogP contribution in [0.3, 0.4) is 0 Å². The minimum Gasteiger partial charge on any atom is -0.409 e. The smallest absolute Gasteiger partial charge is 0.223 e. The lowest BCUT2D eigenvalue weighted by atomic mass is 9.76. The van der Waals surface area contributed by atoms with Gasteiger partial charge in [0, 0.05) is 5.92 Å². The summed E-state index contributed by atoms with van der Waals surface area (Å²) < 4.78 is 0. The quantitative estimate of drug-likeness (QED) is 0.299. The third-order valence-corrected chi connectivity index (χ3v) is 4.04. The number of hydrogen-bond acceptors (Lipinski definition) is 3. The first-order valence-electron chi connectivity index (χ1n) is 6.37. The van der Waals surface area contributed by atoms with E-state index in [1.807, 2.05) is 0 Å². The summed E-state index contributed by atoms with van der Waals surface area (Å²) in [4.78, 5) is 11.9. The zero-order valence-corrected chi connectivity index (χ0v) is 10.3. The van der Waals surface area contributed by atoms with Crippen LogP contribution in [0.25, 0.3) is 0 Å². The van der Waals surface area contributed by atoms with Crippen molar-refractivity contribution in [1.82, 2.24) is 5.32 Å². The summed E-state index contributed by atoms with van der Waals surface area (Å²) in [5, 5.41) is 15.0. The molecule has 2 aliphatic rings. The van der Waals surface area contributed by atoms with Crippen LogP contribution in [0, 0.1) is 11.8 Å². The van der Waals surface area contributed by atoms with Crippen LogP contribution in [0.5, 0.6) is 0 Å². The number of oxime groups is 1. The third kappa shape index (κ3) is 2.53. The Hall–Kier alpha value is -1.26. The molecule has 0 unspecified atom stereocenters. The number of nitrogens with two attached hydrogens (primary N) is 1. The monoisotopic (exact) mass is 239 g/mol. The molecule has 17 heavy (non-hydrogen) atoms. The number of nitrogens with zero attached hydrogens (tertiary/aromatic N) is 1. The van der Waals surface area contributed by atoms with Gasteiger partial charge in [-0.25, -0.2) is 0 Å². The fraction of sp³-hybridized carbons (Fsp3) is 0.833. The molecule has 0 aromatic rings. The van der Waals surface area contributed by atoms with Gasteiger partial charge in [0.1, 0.15) is 5.54 Å². The van der Waals surface area contributed by atoms with E-state index in [-0.39, 0.29) is 17.7 Å². The molecule has 2 saturated carbocycles. The van der Waals surface area contributed by atoms with Gasteiger partial charge in [-0.05, 0) is 44.4 Å². The van der Waals surface area contributed by atoms with Gasteiger partial charge < -0.3 is 16.3 Å². The first-order valence-corrected chi connectivity index (χ1v) is 6.37. The zero-order chi connectivity index (χ0) is 12.5. The van der Waals surface area contributed by atoms with Gasteiger partial charge in [-0.15, -0.1) is 0 Å². The summed E-state index contributed by atoms with van der Waals surface area (Å²) in [5.74, 6) is 1.01. The summed E-state index contributed by atoms with van der Waals surface area (Å²) in [7, 11) is 0. The molecule has 2 aliphatic carbocycles. The Morgan fingerprint density at radius 3 is 2.41 bits per heavy atom. The maximum Gasteiger partial charge on any atom is 0.223 e. The number of amidine groups is 1. The largest absolute Gasteiger partial charge is 0.409 e. The Bertz CT molecular complexity index is 329. The molecule has 0 radical (unpaired) electrons. The lowest BCUT2D eigenvalue weighted by Crippen LogP contribution is -2.59. The molecule has 0 aromatic heterocycles. The molecule has 2 fully saturated rings. The minimum absolute atomic E-state index is 0.0613. The van der Waals surface area contributed by atoms with Crippen LogP contribution in [0.15, 0.2) is 5.16 Å². The second kappa shape index (κ2) is 4.55. The number of carbonyl (C=O) groups is 1. The molecule has 2 rings (SSSR count). The van der Waals surface area contributed by atoms with Gasteiger partial charge in [-0.1, -0.05) is 12.1 Å². The van der Waals surface area contributed by atoms with E-state index in [0.29, 0.717) is 5.92 Å². The predicted octanol–water partition coefficient (Wildman–Crippen LogP) is 1.21. The number of carbonyl (C=O) groups excluding carboxylic acids is 1. The number of nitrogens with one attached hydrogen (secondary N) is 1. The van der Waals surface area contributed by atoms with Gasteiger partial charge >= 0.3 is 0 Å². The van der Waals surface area contributed by atoms with E-state index in [4.69, 9.17) is 10.9 Å². The summed E-state index contributed by atoms with van der Waals surface area (Å²) in [6.07, 6.45) is 5.47. The molecule has 0 saturated heterocycles. The van der Waals surface area contributed by atoms with Crippen LogP contribution in [0.1, 0.15) is 45.4 Å². The maximum absolute atomic E-state index is 11.9. The van der Waals surface area contributed by atoms with Crippen molar-refractivity contribution >= 4 is 11.7 Å². The fourth-order valence-electron chi connectivity index (χ4n) is 2.48. The number of hydrogen-bond donors (Lipinski definition) is 3. The Balaban J connectivity index is 2.09. The second-order valence-electron chi connectivity index (χ2n) is 5.51. The topological polar surface area (TPSA) is 87.7 Å². The summed E-state index contributed by atoms with van der Waals surface area (Å²) in [5.41, 5.74) is 5.17. The SMILES string of the molecule is CC1CCC(NC(=O)C2CC2)(/C(N)=N/O)CC1. The first-order chi connectivity index (χ1) is 8.07. The van der Waals surface area contributed by atoms with Gasteiger partial charge in [0.05, 0.1) is 0 Å². The van der Waals surface area contributed by atoms with Crippen LogP contribution in [0.2, 0.25) is 0 Å². The molecule has 5 heteroatoms. The molecule has 0 bridgehead atoms. The van der Waals surface area contributed by atoms with E-state index in [2.05, 4.69) is 17.4 Å². The Morgan fingerprint density at radius 1 is 1.35 bits per heavy atom. The van der Waals surface area contributed by atoms with Crippen LogP contribution in [-0.2, 0) is 4.79 Å². The van der Waals surface area contributed by atoms with Gasteiger partial charge in [-0.3, -0.25) is 4.79 Å². The van der Waals surface area contributed by atoms with Crippen molar-refractivity contribution < 1.29 is 10.0 Å². The van der Waals surface area contributed by atoms with Gasteiger partial charge in [0.25, 0.3) is 0 Å². The molecule has 0 aliphatic heterocycles. The summed E-state index contributed by atoms with van der Waals surface area (Å²) in [6.45, 7) is 2.19. The summed E-state index contributed by atoms with van der Waals surface area (Å²) >= 11 is 0. The lowest BCUT2D eigenvalue weighted by molar-refractivity contribution is -0.123. The Labute approximate surface area is 101 Å². The number of rotatable bonds is 3.